The van der Waals surface area contributed by atoms with E-state index in [-0.39, 0.29) is 17.3 Å². The first-order chi connectivity index (χ1) is 11.5. The highest BCUT2D eigenvalue weighted by Crippen LogP contribution is 2.72. The Morgan fingerprint density at radius 1 is 1.20 bits per heavy atom. The molecule has 3 rings (SSSR count). The predicted octanol–water partition coefficient (Wildman–Crippen LogP) is 4.78. The lowest BCUT2D eigenvalue weighted by Crippen LogP contribution is -2.34. The van der Waals surface area contributed by atoms with Crippen molar-refractivity contribution in [3.8, 4) is 0 Å². The molecule has 1 fully saturated rings. The van der Waals surface area contributed by atoms with Crippen LogP contribution >= 0.6 is 0 Å². The molecule has 1 aromatic rings. The van der Waals surface area contributed by atoms with Crippen molar-refractivity contribution in [3.05, 3.63) is 42.0 Å². The van der Waals surface area contributed by atoms with E-state index in [2.05, 4.69) is 30.3 Å². The highest BCUT2D eigenvalue weighted by Gasteiger charge is 2.64. The molecule has 0 aliphatic heterocycles. The zero-order chi connectivity index (χ0) is 18.5. The van der Waals surface area contributed by atoms with E-state index >= 15 is 0 Å². The second kappa shape index (κ2) is 6.10. The van der Waals surface area contributed by atoms with Gasteiger partial charge in [0.2, 0.25) is 0 Å². The Morgan fingerprint density at radius 3 is 2.36 bits per heavy atom. The number of carbonyl (C=O) groups excluding carboxylic acids is 1. The van der Waals surface area contributed by atoms with Gasteiger partial charge in [-0.3, -0.25) is 4.79 Å². The van der Waals surface area contributed by atoms with Crippen LogP contribution in [0.25, 0.3) is 5.57 Å². The molecule has 3 nitrogen and oxygen atoms in total. The third-order valence-electron chi connectivity index (χ3n) is 5.51. The van der Waals surface area contributed by atoms with Gasteiger partial charge in [0, 0.05) is 0 Å². The summed E-state index contributed by atoms with van der Waals surface area (Å²) in [6, 6.07) is 10.4. The molecule has 2 aliphatic carbocycles. The fourth-order valence-corrected chi connectivity index (χ4v) is 6.93. The van der Waals surface area contributed by atoms with E-state index in [1.807, 2.05) is 39.9 Å². The Labute approximate surface area is 152 Å². The van der Waals surface area contributed by atoms with Crippen molar-refractivity contribution < 1.29 is 14.3 Å². The van der Waals surface area contributed by atoms with Crippen LogP contribution in [0.4, 0.5) is 0 Å². The summed E-state index contributed by atoms with van der Waals surface area (Å²) in [4.78, 5) is 23.4. The minimum atomic E-state index is -2.26. The van der Waals surface area contributed by atoms with Crippen LogP contribution in [-0.4, -0.2) is 24.7 Å². The summed E-state index contributed by atoms with van der Waals surface area (Å²) in [5.41, 5.74) is 2.36. The van der Waals surface area contributed by atoms with Crippen LogP contribution in [0.3, 0.4) is 0 Å². The molecule has 0 amide bonds. The smallest absolute Gasteiger partial charge is 0.309 e. The largest absolute Gasteiger partial charge is 0.460 e. The molecule has 2 aliphatic rings. The second-order valence-electron chi connectivity index (χ2n) is 9.22. The zero-order valence-corrected chi connectivity index (χ0v) is 17.0. The first-order valence-electron chi connectivity index (χ1n) is 9.24. The summed E-state index contributed by atoms with van der Waals surface area (Å²) in [5, 5.41) is 0. The molecule has 1 N–H and O–H groups in total. The second-order valence-corrected chi connectivity index (χ2v) is 13.2. The molecular weight excluding hydrogens is 328 g/mol. The van der Waals surface area contributed by atoms with Gasteiger partial charge in [0.1, 0.15) is 5.60 Å². The standard InChI is InChI=1S/C21H30O3Si/c1-20(2,3)24-19(22)16-11-12-17(15-9-7-6-8-10-15)21(13-16)14-18(21)25(4,5)23/h6-10,12,16,18,23H,11,13-14H2,1-5H3/t16-,18?,21+/m1/s1. The van der Waals surface area contributed by atoms with Gasteiger partial charge in [0.15, 0.2) is 8.32 Å². The van der Waals surface area contributed by atoms with Gasteiger partial charge < -0.3 is 9.53 Å². The van der Waals surface area contributed by atoms with Crippen molar-refractivity contribution in [2.45, 2.75) is 64.3 Å². The Bertz CT molecular complexity index is 681. The number of allylic oxidation sites excluding steroid dienone is 2. The Balaban J connectivity index is 1.91. The van der Waals surface area contributed by atoms with E-state index in [4.69, 9.17) is 4.74 Å². The van der Waals surface area contributed by atoms with Crippen LogP contribution < -0.4 is 0 Å². The normalized spacial score (nSPS) is 29.3. The van der Waals surface area contributed by atoms with Crippen LogP contribution in [-0.2, 0) is 9.53 Å². The van der Waals surface area contributed by atoms with Gasteiger partial charge in [0.05, 0.1) is 5.92 Å². The molecule has 0 bridgehead atoms. The van der Waals surface area contributed by atoms with E-state index in [9.17, 15) is 9.59 Å². The molecule has 1 saturated carbocycles. The van der Waals surface area contributed by atoms with E-state index in [1.54, 1.807) is 0 Å². The van der Waals surface area contributed by atoms with Gasteiger partial charge in [-0.15, -0.1) is 0 Å². The van der Waals surface area contributed by atoms with Gasteiger partial charge in [-0.25, -0.2) is 0 Å². The maximum atomic E-state index is 12.6. The fourth-order valence-electron chi connectivity index (χ4n) is 4.44. The van der Waals surface area contributed by atoms with Gasteiger partial charge in [0.25, 0.3) is 0 Å². The average molecular weight is 359 g/mol. The quantitative estimate of drug-likeness (QED) is 0.625. The van der Waals surface area contributed by atoms with Crippen molar-refractivity contribution in [1.82, 2.24) is 0 Å². The van der Waals surface area contributed by atoms with Crippen molar-refractivity contribution in [3.63, 3.8) is 0 Å². The molecule has 0 saturated heterocycles. The van der Waals surface area contributed by atoms with Gasteiger partial charge in [-0.1, -0.05) is 36.4 Å². The molecule has 1 unspecified atom stereocenters. The fraction of sp³-hybridized carbons (Fsp3) is 0.571. The Kier molecular flexibility index (Phi) is 4.49. The van der Waals surface area contributed by atoms with Crippen molar-refractivity contribution in [2.75, 3.05) is 0 Å². The summed E-state index contributed by atoms with van der Waals surface area (Å²) in [5.74, 6) is -0.202. The molecule has 136 valence electrons. The van der Waals surface area contributed by atoms with Gasteiger partial charge in [-0.2, -0.15) is 0 Å². The third kappa shape index (κ3) is 3.75. The highest BCUT2D eigenvalue weighted by molar-refractivity contribution is 6.72. The van der Waals surface area contributed by atoms with E-state index in [0.29, 0.717) is 5.54 Å². The minimum Gasteiger partial charge on any atom is -0.460 e. The molecule has 0 aromatic heterocycles. The lowest BCUT2D eigenvalue weighted by Gasteiger charge is -2.34. The zero-order valence-electron chi connectivity index (χ0n) is 16.0. The predicted molar refractivity (Wildman–Crippen MR) is 103 cm³/mol. The molecular formula is C21H30O3Si. The molecule has 4 heteroatoms. The lowest BCUT2D eigenvalue weighted by molar-refractivity contribution is -0.160. The number of hydrogen-bond acceptors (Lipinski definition) is 3. The van der Waals surface area contributed by atoms with E-state index in [1.165, 1.54) is 11.1 Å². The Morgan fingerprint density at radius 2 is 1.84 bits per heavy atom. The summed E-state index contributed by atoms with van der Waals surface area (Å²) in [7, 11) is -2.26. The molecule has 1 spiro atoms. The number of esters is 1. The molecule has 1 aromatic carbocycles. The van der Waals surface area contributed by atoms with Crippen molar-refractivity contribution >= 4 is 19.9 Å². The topological polar surface area (TPSA) is 46.5 Å². The van der Waals surface area contributed by atoms with Gasteiger partial charge in [-0.05, 0) is 75.2 Å². The van der Waals surface area contributed by atoms with Crippen LogP contribution in [0.1, 0.15) is 45.6 Å². The minimum absolute atomic E-state index is 0.0500. The first kappa shape index (κ1) is 18.4. The highest BCUT2D eigenvalue weighted by atomic mass is 28.4. The molecule has 0 radical (unpaired) electrons. The first-order valence-corrected chi connectivity index (χ1v) is 12.3. The van der Waals surface area contributed by atoms with Crippen molar-refractivity contribution in [2.24, 2.45) is 11.3 Å². The number of benzene rings is 1. The summed E-state index contributed by atoms with van der Waals surface area (Å²) < 4.78 is 5.64. The summed E-state index contributed by atoms with van der Waals surface area (Å²) >= 11 is 0. The monoisotopic (exact) mass is 358 g/mol. The number of carbonyl (C=O) groups is 1. The molecule has 0 heterocycles. The van der Waals surface area contributed by atoms with Crippen LogP contribution in [0, 0.1) is 11.3 Å². The maximum Gasteiger partial charge on any atom is 0.309 e. The third-order valence-corrected chi connectivity index (χ3v) is 7.97. The van der Waals surface area contributed by atoms with Crippen LogP contribution in [0.15, 0.2) is 36.4 Å². The number of rotatable bonds is 3. The van der Waals surface area contributed by atoms with E-state index < -0.39 is 13.9 Å². The number of ether oxygens (including phenoxy) is 1. The number of hydrogen-bond donors (Lipinski definition) is 1. The lowest BCUT2D eigenvalue weighted by atomic mass is 9.75. The van der Waals surface area contributed by atoms with Crippen LogP contribution in [0.2, 0.25) is 18.6 Å². The molecule has 25 heavy (non-hydrogen) atoms. The van der Waals surface area contributed by atoms with Crippen molar-refractivity contribution in [1.29, 1.82) is 0 Å². The maximum absolute atomic E-state index is 12.6. The van der Waals surface area contributed by atoms with Gasteiger partial charge >= 0.3 is 5.97 Å². The summed E-state index contributed by atoms with van der Waals surface area (Å²) in [6.07, 6.45) is 4.74. The van der Waals surface area contributed by atoms with Crippen LogP contribution in [0.5, 0.6) is 0 Å². The van der Waals surface area contributed by atoms with E-state index in [0.717, 1.165) is 19.3 Å². The summed E-state index contributed by atoms with van der Waals surface area (Å²) in [6.45, 7) is 9.79. The SMILES string of the molecule is CC(C)(C)OC(=O)[C@@H]1CC=C(c2ccccc2)[C@@]2(CC2[Si](C)(C)O)C1. The average Bonchev–Trinajstić information content (AvgIpc) is 3.21. The Hall–Kier alpha value is -1.39. The molecule has 3 atom stereocenters.